The Labute approximate surface area is 118 Å². The lowest BCUT2D eigenvalue weighted by Gasteiger charge is -2.46. The molecule has 4 heteroatoms. The number of aryl methyl sites for hydroxylation is 1. The quantitative estimate of drug-likeness (QED) is 0.901. The lowest BCUT2D eigenvalue weighted by atomic mass is 9.59. The smallest absolute Gasteiger partial charge is 0.307 e. The van der Waals surface area contributed by atoms with Crippen LogP contribution in [0.25, 0.3) is 0 Å². The number of carboxylic acid groups (broad SMARTS) is 1. The zero-order chi connectivity index (χ0) is 14.2. The zero-order valence-electron chi connectivity index (χ0n) is 11.7. The van der Waals surface area contributed by atoms with Crippen LogP contribution in [0.3, 0.4) is 0 Å². The van der Waals surface area contributed by atoms with Crippen LogP contribution < -0.4 is 4.74 Å². The Bertz CT molecular complexity index is 517. The van der Waals surface area contributed by atoms with Crippen LogP contribution in [-0.4, -0.2) is 31.4 Å². The van der Waals surface area contributed by atoms with Crippen LogP contribution in [0.15, 0.2) is 18.2 Å². The average molecular weight is 276 g/mol. The van der Waals surface area contributed by atoms with E-state index in [1.165, 1.54) is 11.1 Å². The van der Waals surface area contributed by atoms with Gasteiger partial charge in [-0.1, -0.05) is 6.07 Å². The van der Waals surface area contributed by atoms with Gasteiger partial charge in [0.2, 0.25) is 0 Å². The van der Waals surface area contributed by atoms with Gasteiger partial charge in [0.1, 0.15) is 5.75 Å². The largest absolute Gasteiger partial charge is 0.497 e. The molecular formula is C16H20O4. The highest BCUT2D eigenvalue weighted by molar-refractivity contribution is 5.73. The van der Waals surface area contributed by atoms with Gasteiger partial charge in [-0.15, -0.1) is 0 Å². The molecule has 2 aliphatic rings. The molecule has 1 heterocycles. The van der Waals surface area contributed by atoms with Gasteiger partial charge in [0, 0.05) is 18.6 Å². The molecule has 1 aliphatic carbocycles. The predicted octanol–water partition coefficient (Wildman–Crippen LogP) is 2.39. The summed E-state index contributed by atoms with van der Waals surface area (Å²) in [5, 5.41) is 9.62. The van der Waals surface area contributed by atoms with Gasteiger partial charge in [0.25, 0.3) is 0 Å². The summed E-state index contributed by atoms with van der Waals surface area (Å²) in [5.41, 5.74) is 2.17. The van der Waals surface area contributed by atoms with Crippen LogP contribution in [0.5, 0.6) is 5.75 Å². The molecule has 4 nitrogen and oxygen atoms in total. The van der Waals surface area contributed by atoms with Crippen LogP contribution in [-0.2, 0) is 21.4 Å². The van der Waals surface area contributed by atoms with Crippen molar-refractivity contribution in [2.45, 2.75) is 31.1 Å². The fraction of sp³-hybridized carbons (Fsp3) is 0.562. The minimum atomic E-state index is -0.673. The minimum absolute atomic E-state index is 0.260. The van der Waals surface area contributed by atoms with Crippen LogP contribution in [0.2, 0.25) is 0 Å². The molecule has 3 rings (SSSR count). The molecule has 0 radical (unpaired) electrons. The van der Waals surface area contributed by atoms with Crippen molar-refractivity contribution in [3.05, 3.63) is 29.3 Å². The minimum Gasteiger partial charge on any atom is -0.497 e. The number of methoxy groups -OCH3 is 1. The molecule has 1 atom stereocenters. The first-order chi connectivity index (χ1) is 9.67. The lowest BCUT2D eigenvalue weighted by molar-refractivity contribution is -0.147. The van der Waals surface area contributed by atoms with E-state index in [2.05, 4.69) is 12.1 Å². The monoisotopic (exact) mass is 276 g/mol. The molecule has 1 spiro atoms. The first-order valence-corrected chi connectivity index (χ1v) is 7.15. The Hall–Kier alpha value is -1.55. The second kappa shape index (κ2) is 5.09. The molecule has 0 aromatic heterocycles. The Morgan fingerprint density at radius 2 is 2.15 bits per heavy atom. The molecule has 108 valence electrons. The van der Waals surface area contributed by atoms with E-state index in [0.717, 1.165) is 25.0 Å². The summed E-state index contributed by atoms with van der Waals surface area (Å²) in [4.78, 5) is 11.7. The third kappa shape index (κ3) is 1.99. The van der Waals surface area contributed by atoms with Gasteiger partial charge in [0.05, 0.1) is 13.0 Å². The highest BCUT2D eigenvalue weighted by Crippen LogP contribution is 2.48. The number of carbonyl (C=O) groups is 1. The van der Waals surface area contributed by atoms with E-state index in [0.29, 0.717) is 19.6 Å². The van der Waals surface area contributed by atoms with Crippen molar-refractivity contribution in [1.82, 2.24) is 0 Å². The van der Waals surface area contributed by atoms with Crippen molar-refractivity contribution < 1.29 is 19.4 Å². The van der Waals surface area contributed by atoms with Gasteiger partial charge in [-0.05, 0) is 48.9 Å². The van der Waals surface area contributed by atoms with Crippen molar-refractivity contribution >= 4 is 5.97 Å². The second-order valence-corrected chi connectivity index (χ2v) is 5.72. The van der Waals surface area contributed by atoms with E-state index in [1.54, 1.807) is 7.11 Å². The van der Waals surface area contributed by atoms with Crippen molar-refractivity contribution in [3.63, 3.8) is 0 Å². The maximum Gasteiger partial charge on any atom is 0.307 e. The number of fused-ring (bicyclic) bond motifs is 2. The summed E-state index contributed by atoms with van der Waals surface area (Å²) < 4.78 is 10.8. The Balaban J connectivity index is 2.09. The molecule has 1 aliphatic heterocycles. The third-order valence-corrected chi connectivity index (χ3v) is 4.90. The predicted molar refractivity (Wildman–Crippen MR) is 74.2 cm³/mol. The standard InChI is InChI=1S/C16H20O4/c1-19-12-3-5-13-11(10-12)2-4-14(15(17)18)16(13)6-8-20-9-7-16/h3,5,10,14H,2,4,6-9H2,1H3,(H,17,18). The third-order valence-electron chi connectivity index (χ3n) is 4.90. The summed E-state index contributed by atoms with van der Waals surface area (Å²) in [5.74, 6) is -0.125. The van der Waals surface area contributed by atoms with E-state index in [9.17, 15) is 9.90 Å². The van der Waals surface area contributed by atoms with Gasteiger partial charge in [-0.3, -0.25) is 4.79 Å². The van der Waals surface area contributed by atoms with E-state index in [4.69, 9.17) is 9.47 Å². The molecule has 1 aromatic rings. The summed E-state index contributed by atoms with van der Waals surface area (Å²) in [6.45, 7) is 1.30. The molecule has 0 bridgehead atoms. The summed E-state index contributed by atoms with van der Waals surface area (Å²) in [6, 6.07) is 6.07. The highest BCUT2D eigenvalue weighted by Gasteiger charge is 2.48. The molecule has 0 amide bonds. The Kier molecular flexibility index (Phi) is 3.42. The van der Waals surface area contributed by atoms with Gasteiger partial charge in [-0.25, -0.2) is 0 Å². The van der Waals surface area contributed by atoms with Crippen molar-refractivity contribution in [3.8, 4) is 5.75 Å². The average Bonchev–Trinajstić information content (AvgIpc) is 2.47. The SMILES string of the molecule is COc1ccc2c(c1)CCC(C(=O)O)C21CCOCC1. The first kappa shape index (κ1) is 13.4. The van der Waals surface area contributed by atoms with Gasteiger partial charge in [0.15, 0.2) is 0 Å². The number of rotatable bonds is 2. The van der Waals surface area contributed by atoms with Crippen LogP contribution >= 0.6 is 0 Å². The van der Waals surface area contributed by atoms with Gasteiger partial charge >= 0.3 is 5.97 Å². The molecule has 0 saturated carbocycles. The zero-order valence-corrected chi connectivity index (χ0v) is 11.7. The van der Waals surface area contributed by atoms with Crippen molar-refractivity contribution in [1.29, 1.82) is 0 Å². The summed E-state index contributed by atoms with van der Waals surface area (Å²) >= 11 is 0. The molecule has 1 aromatic carbocycles. The normalized spacial score (nSPS) is 24.1. The van der Waals surface area contributed by atoms with E-state index in [-0.39, 0.29) is 11.3 Å². The Morgan fingerprint density at radius 1 is 1.40 bits per heavy atom. The summed E-state index contributed by atoms with van der Waals surface area (Å²) in [6.07, 6.45) is 3.11. The van der Waals surface area contributed by atoms with Gasteiger partial charge in [-0.2, -0.15) is 0 Å². The molecule has 1 unspecified atom stereocenters. The maximum atomic E-state index is 11.7. The number of hydrogen-bond donors (Lipinski definition) is 1. The Morgan fingerprint density at radius 3 is 2.80 bits per heavy atom. The van der Waals surface area contributed by atoms with Gasteiger partial charge < -0.3 is 14.6 Å². The highest BCUT2D eigenvalue weighted by atomic mass is 16.5. The number of hydrogen-bond acceptors (Lipinski definition) is 3. The van der Waals surface area contributed by atoms with Crippen LogP contribution in [0.1, 0.15) is 30.4 Å². The molecule has 1 saturated heterocycles. The number of aliphatic carboxylic acids is 1. The topological polar surface area (TPSA) is 55.8 Å². The van der Waals surface area contributed by atoms with Crippen molar-refractivity contribution in [2.75, 3.05) is 20.3 Å². The number of ether oxygens (including phenoxy) is 2. The molecule has 1 fully saturated rings. The molecule has 20 heavy (non-hydrogen) atoms. The summed E-state index contributed by atoms with van der Waals surface area (Å²) in [7, 11) is 1.66. The van der Waals surface area contributed by atoms with E-state index < -0.39 is 5.97 Å². The van der Waals surface area contributed by atoms with E-state index >= 15 is 0 Å². The van der Waals surface area contributed by atoms with Crippen molar-refractivity contribution in [2.24, 2.45) is 5.92 Å². The maximum absolute atomic E-state index is 11.7. The second-order valence-electron chi connectivity index (χ2n) is 5.72. The number of carboxylic acids is 1. The number of benzene rings is 1. The fourth-order valence-corrected chi connectivity index (χ4v) is 3.87. The first-order valence-electron chi connectivity index (χ1n) is 7.15. The molecular weight excluding hydrogens is 256 g/mol. The van der Waals surface area contributed by atoms with E-state index in [1.807, 2.05) is 6.07 Å². The van der Waals surface area contributed by atoms with Crippen LogP contribution in [0.4, 0.5) is 0 Å². The fourth-order valence-electron chi connectivity index (χ4n) is 3.87. The van der Waals surface area contributed by atoms with Crippen LogP contribution in [0, 0.1) is 5.92 Å². The molecule has 1 N–H and O–H groups in total. The lowest BCUT2D eigenvalue weighted by Crippen LogP contribution is -2.47.